The number of amides is 2. The van der Waals surface area contributed by atoms with Crippen molar-refractivity contribution >= 4 is 28.7 Å². The van der Waals surface area contributed by atoms with E-state index in [9.17, 15) is 19.2 Å². The number of ether oxygens (including phenoxy) is 1. The van der Waals surface area contributed by atoms with Gasteiger partial charge in [-0.3, -0.25) is 19.2 Å². The first-order valence-electron chi connectivity index (χ1n) is 8.97. The quantitative estimate of drug-likeness (QED) is 0.651. The van der Waals surface area contributed by atoms with Crippen LogP contribution in [0.4, 0.5) is 0 Å². The van der Waals surface area contributed by atoms with Gasteiger partial charge in [-0.25, -0.2) is 0 Å². The van der Waals surface area contributed by atoms with Crippen LogP contribution in [0.2, 0.25) is 0 Å². The van der Waals surface area contributed by atoms with E-state index in [2.05, 4.69) is 10.3 Å². The molecule has 28 heavy (non-hydrogen) atoms. The zero-order valence-corrected chi connectivity index (χ0v) is 15.5. The highest BCUT2D eigenvalue weighted by Crippen LogP contribution is 2.07. The normalized spacial score (nSPS) is 14.2. The molecule has 0 radical (unpaired) electrons. The van der Waals surface area contributed by atoms with Crippen molar-refractivity contribution in [2.24, 2.45) is 0 Å². The molecule has 2 amide bonds. The molecule has 1 aromatic heterocycles. The molecule has 1 aromatic carbocycles. The van der Waals surface area contributed by atoms with Crippen LogP contribution in [-0.4, -0.2) is 68.8 Å². The predicted molar refractivity (Wildman–Crippen MR) is 98.0 cm³/mol. The zero-order valence-electron chi connectivity index (χ0n) is 15.5. The lowest BCUT2D eigenvalue weighted by Crippen LogP contribution is -2.50. The lowest BCUT2D eigenvalue weighted by Gasteiger charge is -2.34. The average molecular weight is 387 g/mol. The monoisotopic (exact) mass is 387 g/mol. The Hall–Kier alpha value is -3.30. The summed E-state index contributed by atoms with van der Waals surface area (Å²) in [7, 11) is 0. The summed E-state index contributed by atoms with van der Waals surface area (Å²) in [5.41, 5.74) is 0.0587. The van der Waals surface area contributed by atoms with Crippen molar-refractivity contribution in [3.63, 3.8) is 0 Å². The summed E-state index contributed by atoms with van der Waals surface area (Å²) in [6.07, 6.45) is -0.0846. The van der Waals surface area contributed by atoms with Gasteiger partial charge in [0.2, 0.25) is 11.8 Å². The molecule has 3 rings (SSSR count). The summed E-state index contributed by atoms with van der Waals surface area (Å²) >= 11 is 0. The Morgan fingerprint density at radius 2 is 1.71 bits per heavy atom. The highest BCUT2D eigenvalue weighted by molar-refractivity contribution is 5.82. The van der Waals surface area contributed by atoms with Gasteiger partial charge in [0.15, 0.2) is 6.73 Å². The van der Waals surface area contributed by atoms with Gasteiger partial charge in [-0.2, -0.15) is 4.68 Å². The minimum Gasteiger partial charge on any atom is -0.442 e. The van der Waals surface area contributed by atoms with Gasteiger partial charge in [-0.05, 0) is 12.1 Å². The molecule has 1 aliphatic heterocycles. The lowest BCUT2D eigenvalue weighted by atomic mass is 10.2. The number of hydrogen-bond donors (Lipinski definition) is 0. The van der Waals surface area contributed by atoms with E-state index >= 15 is 0 Å². The molecule has 10 heteroatoms. The first-order valence-corrected chi connectivity index (χ1v) is 8.97. The van der Waals surface area contributed by atoms with Crippen LogP contribution in [0.15, 0.2) is 29.1 Å². The van der Waals surface area contributed by atoms with Gasteiger partial charge in [-0.1, -0.05) is 17.3 Å². The largest absolute Gasteiger partial charge is 0.442 e. The molecule has 148 valence electrons. The second kappa shape index (κ2) is 8.59. The Bertz CT molecular complexity index is 949. The van der Waals surface area contributed by atoms with Gasteiger partial charge in [0.25, 0.3) is 5.56 Å². The van der Waals surface area contributed by atoms with Crippen molar-refractivity contribution in [2.45, 2.75) is 26.5 Å². The van der Waals surface area contributed by atoms with Crippen LogP contribution in [0.3, 0.4) is 0 Å². The molecule has 0 bridgehead atoms. The number of esters is 1. The fraction of sp³-hybridized carbons (Fsp3) is 0.444. The molecular formula is C18H21N5O5. The van der Waals surface area contributed by atoms with Gasteiger partial charge in [-0.15, -0.1) is 5.10 Å². The van der Waals surface area contributed by atoms with Crippen molar-refractivity contribution in [1.29, 1.82) is 0 Å². The Balaban J connectivity index is 1.46. The van der Waals surface area contributed by atoms with E-state index in [1.807, 2.05) is 0 Å². The third kappa shape index (κ3) is 4.51. The van der Waals surface area contributed by atoms with E-state index in [1.165, 1.54) is 6.92 Å². The number of fused-ring (bicyclic) bond motifs is 1. The highest BCUT2D eigenvalue weighted by Gasteiger charge is 2.22. The topological polar surface area (TPSA) is 115 Å². The van der Waals surface area contributed by atoms with Crippen molar-refractivity contribution in [3.05, 3.63) is 34.6 Å². The van der Waals surface area contributed by atoms with E-state index in [0.717, 1.165) is 4.68 Å². The molecule has 0 spiro atoms. The Kier molecular flexibility index (Phi) is 5.97. The summed E-state index contributed by atoms with van der Waals surface area (Å²) in [5.74, 6) is -0.775. The highest BCUT2D eigenvalue weighted by atomic mass is 16.5. The molecule has 1 aliphatic rings. The summed E-state index contributed by atoms with van der Waals surface area (Å²) in [4.78, 5) is 51.0. The number of nitrogens with zero attached hydrogens (tertiary/aromatic N) is 5. The first kappa shape index (κ1) is 19.5. The van der Waals surface area contributed by atoms with Crippen molar-refractivity contribution in [1.82, 2.24) is 24.8 Å². The number of hydrogen-bond acceptors (Lipinski definition) is 7. The number of benzene rings is 1. The summed E-state index contributed by atoms with van der Waals surface area (Å²) in [6.45, 7) is 3.04. The van der Waals surface area contributed by atoms with Crippen LogP contribution in [0, 0.1) is 0 Å². The summed E-state index contributed by atoms with van der Waals surface area (Å²) in [5, 5.41) is 8.03. The third-order valence-electron chi connectivity index (χ3n) is 4.60. The number of carbonyl (C=O) groups is 3. The van der Waals surface area contributed by atoms with Gasteiger partial charge in [0.05, 0.1) is 11.8 Å². The van der Waals surface area contributed by atoms with Gasteiger partial charge >= 0.3 is 5.97 Å². The number of rotatable bonds is 5. The van der Waals surface area contributed by atoms with Crippen LogP contribution in [0.25, 0.3) is 10.9 Å². The molecule has 1 fully saturated rings. The fourth-order valence-corrected chi connectivity index (χ4v) is 2.95. The molecule has 2 aromatic rings. The SMILES string of the molecule is CC(=O)N1CCN(C(=O)CCC(=O)OCn2nnc3ccccc3c2=O)CC1. The summed E-state index contributed by atoms with van der Waals surface area (Å²) < 4.78 is 6.00. The van der Waals surface area contributed by atoms with Crippen molar-refractivity contribution in [3.8, 4) is 0 Å². The van der Waals surface area contributed by atoms with E-state index in [4.69, 9.17) is 4.74 Å². The molecule has 0 saturated carbocycles. The van der Waals surface area contributed by atoms with Gasteiger partial charge in [0, 0.05) is 39.5 Å². The van der Waals surface area contributed by atoms with Gasteiger partial charge < -0.3 is 14.5 Å². The van der Waals surface area contributed by atoms with Crippen molar-refractivity contribution < 1.29 is 19.1 Å². The Labute approximate surface area is 160 Å². The molecule has 0 unspecified atom stereocenters. The minimum absolute atomic E-state index is 0.0111. The molecular weight excluding hydrogens is 366 g/mol. The van der Waals surface area contributed by atoms with Crippen LogP contribution in [0.5, 0.6) is 0 Å². The fourth-order valence-electron chi connectivity index (χ4n) is 2.95. The van der Waals surface area contributed by atoms with Gasteiger partial charge in [0.1, 0.15) is 5.52 Å². The summed E-state index contributed by atoms with van der Waals surface area (Å²) in [6, 6.07) is 6.75. The molecule has 0 atom stereocenters. The zero-order chi connectivity index (χ0) is 20.1. The number of piperazine rings is 1. The third-order valence-corrected chi connectivity index (χ3v) is 4.60. The average Bonchev–Trinajstić information content (AvgIpc) is 2.71. The Morgan fingerprint density at radius 3 is 2.43 bits per heavy atom. The standard InChI is InChI=1S/C18H21N5O5/c1-13(24)21-8-10-22(11-9-21)16(25)6-7-17(26)28-12-23-18(27)14-4-2-3-5-15(14)19-20-23/h2-5H,6-12H2,1H3. The first-order chi connectivity index (χ1) is 13.5. The van der Waals surface area contributed by atoms with Crippen LogP contribution >= 0.6 is 0 Å². The predicted octanol–water partition coefficient (Wildman–Crippen LogP) is -0.237. The smallest absolute Gasteiger partial charge is 0.308 e. The molecule has 0 N–H and O–H groups in total. The second-order valence-corrected chi connectivity index (χ2v) is 6.44. The van der Waals surface area contributed by atoms with Crippen LogP contribution in [-0.2, 0) is 25.9 Å². The van der Waals surface area contributed by atoms with E-state index in [-0.39, 0.29) is 31.4 Å². The second-order valence-electron chi connectivity index (χ2n) is 6.44. The van der Waals surface area contributed by atoms with Crippen LogP contribution in [0.1, 0.15) is 19.8 Å². The van der Waals surface area contributed by atoms with E-state index in [1.54, 1.807) is 34.1 Å². The molecule has 10 nitrogen and oxygen atoms in total. The minimum atomic E-state index is -0.599. The Morgan fingerprint density at radius 1 is 1.04 bits per heavy atom. The van der Waals surface area contributed by atoms with Crippen molar-refractivity contribution in [2.75, 3.05) is 26.2 Å². The van der Waals surface area contributed by atoms with Crippen LogP contribution < -0.4 is 5.56 Å². The maximum atomic E-state index is 12.3. The lowest BCUT2D eigenvalue weighted by molar-refractivity contribution is -0.150. The maximum Gasteiger partial charge on any atom is 0.308 e. The number of carbonyl (C=O) groups excluding carboxylic acids is 3. The van der Waals surface area contributed by atoms with E-state index < -0.39 is 11.5 Å². The molecule has 2 heterocycles. The number of aromatic nitrogens is 3. The molecule has 0 aliphatic carbocycles. The maximum absolute atomic E-state index is 12.3. The van der Waals surface area contributed by atoms with E-state index in [0.29, 0.717) is 37.1 Å². The molecule has 1 saturated heterocycles.